The molecule has 2 amide bonds. The van der Waals surface area contributed by atoms with Crippen molar-refractivity contribution in [3.8, 4) is 33.6 Å². The van der Waals surface area contributed by atoms with Gasteiger partial charge in [0.25, 0.3) is 0 Å². The first kappa shape index (κ1) is 31.6. The number of nitrogens with two attached hydrogens (primary N) is 2. The number of nitrogens with one attached hydrogen (secondary N) is 5. The summed E-state index contributed by atoms with van der Waals surface area (Å²) in [5.41, 5.74) is 11.9. The molecule has 1 unspecified atom stereocenters. The van der Waals surface area contributed by atoms with Crippen molar-refractivity contribution in [2.45, 2.75) is 72.1 Å². The molecular weight excluding hydrogens is 542 g/mol. The van der Waals surface area contributed by atoms with Crippen LogP contribution in [0.25, 0.3) is 33.6 Å². The van der Waals surface area contributed by atoms with Crippen molar-refractivity contribution < 1.29 is 9.59 Å². The van der Waals surface area contributed by atoms with Gasteiger partial charge in [0.15, 0.2) is 0 Å². The van der Waals surface area contributed by atoms with Gasteiger partial charge in [-0.15, -0.1) is 0 Å². The van der Waals surface area contributed by atoms with Crippen molar-refractivity contribution in [1.29, 1.82) is 0 Å². The highest BCUT2D eigenvalue weighted by atomic mass is 16.2. The molecule has 9 N–H and O–H groups in total. The van der Waals surface area contributed by atoms with Gasteiger partial charge in [0, 0.05) is 23.5 Å². The molecule has 43 heavy (non-hydrogen) atoms. The number of carbonyl (C=O) groups excluding carboxylic acids is 2. The molecule has 2 aromatic carbocycles. The monoisotopic (exact) mass is 585 g/mol. The Labute approximate surface area is 252 Å². The molecule has 1 atom stereocenters. The number of hydrogen-bond acceptors (Lipinski definition) is 7. The van der Waals surface area contributed by atoms with Gasteiger partial charge in [-0.25, -0.2) is 15.4 Å². The van der Waals surface area contributed by atoms with E-state index in [0.717, 1.165) is 33.6 Å². The maximum atomic E-state index is 12.8. The molecule has 0 bridgehead atoms. The van der Waals surface area contributed by atoms with Gasteiger partial charge in [-0.05, 0) is 44.2 Å². The number of carbonyl (C=O) groups is 2. The van der Waals surface area contributed by atoms with Crippen LogP contribution in [0.15, 0.2) is 60.9 Å². The average molecular weight is 586 g/mol. The summed E-state index contributed by atoms with van der Waals surface area (Å²) in [5.74, 6) is 6.46. The molecule has 0 saturated heterocycles. The van der Waals surface area contributed by atoms with E-state index in [9.17, 15) is 9.59 Å². The SMILES string of the molecule is CC(C)(N)C(=O)NCc1nc(-c2ccc(-c3ccc(-c4c[nH]c(C(NC(=O)C(C)(C)NN)C(C)(C)C)n4)cc3)cc2)c[nH]1. The lowest BCUT2D eigenvalue weighted by Crippen LogP contribution is -2.57. The van der Waals surface area contributed by atoms with Crippen molar-refractivity contribution in [1.82, 2.24) is 36.0 Å². The number of H-pyrrole nitrogens is 2. The Balaban J connectivity index is 1.44. The van der Waals surface area contributed by atoms with E-state index in [-0.39, 0.29) is 29.8 Å². The standard InChI is InChI=1S/C32H43N9O2/c1-30(2,3)26(40-29(43)32(6,7)41-34)27-36-17-24(39-27)22-14-10-20(11-15-22)19-8-12-21(13-9-19)23-16-35-25(38-23)18-37-28(42)31(4,5)33/h8-17,26,41H,18,33-34H2,1-7H3,(H,35,38)(H,36,39)(H,37,42)(H,40,43). The number of rotatable bonds is 10. The molecule has 4 aromatic rings. The Hall–Kier alpha value is -4.32. The summed E-state index contributed by atoms with van der Waals surface area (Å²) in [6.07, 6.45) is 3.68. The van der Waals surface area contributed by atoms with Gasteiger partial charge in [-0.2, -0.15) is 0 Å². The molecule has 11 nitrogen and oxygen atoms in total. The molecule has 11 heteroatoms. The predicted octanol–water partition coefficient (Wildman–Crippen LogP) is 3.93. The zero-order chi connectivity index (χ0) is 31.6. The van der Waals surface area contributed by atoms with E-state index in [1.807, 2.05) is 36.7 Å². The van der Waals surface area contributed by atoms with Crippen LogP contribution in [0.1, 0.15) is 66.2 Å². The highest BCUT2D eigenvalue weighted by Crippen LogP contribution is 2.33. The van der Waals surface area contributed by atoms with Crippen LogP contribution in [0.5, 0.6) is 0 Å². The van der Waals surface area contributed by atoms with E-state index in [0.29, 0.717) is 11.6 Å². The molecule has 2 heterocycles. The van der Waals surface area contributed by atoms with Gasteiger partial charge in [0.1, 0.15) is 17.2 Å². The number of amides is 2. The summed E-state index contributed by atoms with van der Waals surface area (Å²) in [5, 5.41) is 5.88. The Bertz CT molecular complexity index is 1550. The summed E-state index contributed by atoms with van der Waals surface area (Å²) in [6.45, 7) is 13.2. The topological polar surface area (TPSA) is 180 Å². The first-order valence-corrected chi connectivity index (χ1v) is 14.3. The molecule has 0 saturated carbocycles. The maximum absolute atomic E-state index is 12.8. The number of aromatic nitrogens is 4. The van der Waals surface area contributed by atoms with Crippen LogP contribution in [0.3, 0.4) is 0 Å². The lowest BCUT2D eigenvalue weighted by molar-refractivity contribution is -0.128. The third-order valence-electron chi connectivity index (χ3n) is 7.27. The number of nitrogens with zero attached hydrogens (tertiary/aromatic N) is 2. The highest BCUT2D eigenvalue weighted by Gasteiger charge is 2.35. The minimum Gasteiger partial charge on any atom is -0.347 e. The predicted molar refractivity (Wildman–Crippen MR) is 169 cm³/mol. The molecule has 0 aliphatic heterocycles. The minimum atomic E-state index is -0.945. The van der Waals surface area contributed by atoms with Gasteiger partial charge >= 0.3 is 0 Å². The minimum absolute atomic E-state index is 0.212. The van der Waals surface area contributed by atoms with Crippen molar-refractivity contribution in [2.75, 3.05) is 0 Å². The van der Waals surface area contributed by atoms with E-state index in [4.69, 9.17) is 16.6 Å². The maximum Gasteiger partial charge on any atom is 0.241 e. The Morgan fingerprint density at radius 3 is 1.74 bits per heavy atom. The highest BCUT2D eigenvalue weighted by molar-refractivity contribution is 5.86. The molecule has 0 aliphatic carbocycles. The Morgan fingerprint density at radius 1 is 0.767 bits per heavy atom. The third-order valence-corrected chi connectivity index (χ3v) is 7.27. The fourth-order valence-corrected chi connectivity index (χ4v) is 4.36. The summed E-state index contributed by atoms with van der Waals surface area (Å²) >= 11 is 0. The lowest BCUT2D eigenvalue weighted by Gasteiger charge is -2.33. The molecule has 228 valence electrons. The lowest BCUT2D eigenvalue weighted by atomic mass is 9.85. The van der Waals surface area contributed by atoms with Crippen molar-refractivity contribution >= 4 is 11.8 Å². The van der Waals surface area contributed by atoms with Crippen LogP contribution >= 0.6 is 0 Å². The van der Waals surface area contributed by atoms with E-state index in [1.165, 1.54) is 0 Å². The molecule has 2 aromatic heterocycles. The van der Waals surface area contributed by atoms with Gasteiger partial charge in [0.2, 0.25) is 11.8 Å². The van der Waals surface area contributed by atoms with Gasteiger partial charge < -0.3 is 26.3 Å². The third kappa shape index (κ3) is 7.56. The van der Waals surface area contributed by atoms with E-state index in [1.54, 1.807) is 27.7 Å². The largest absolute Gasteiger partial charge is 0.347 e. The molecule has 4 rings (SSSR count). The van der Waals surface area contributed by atoms with Gasteiger partial charge in [-0.3, -0.25) is 15.4 Å². The number of hydrogen-bond donors (Lipinski definition) is 7. The van der Waals surface area contributed by atoms with Crippen LogP contribution in [0.4, 0.5) is 0 Å². The molecule has 0 fully saturated rings. The number of imidazole rings is 2. The zero-order valence-corrected chi connectivity index (χ0v) is 25.9. The smallest absolute Gasteiger partial charge is 0.241 e. The second-order valence-corrected chi connectivity index (χ2v) is 13.0. The second kappa shape index (κ2) is 12.1. The number of aromatic amines is 2. The molecular formula is C32H43N9O2. The van der Waals surface area contributed by atoms with Crippen LogP contribution in [-0.4, -0.2) is 42.8 Å². The summed E-state index contributed by atoms with van der Waals surface area (Å²) in [7, 11) is 0. The number of benzene rings is 2. The molecule has 0 spiro atoms. The fourth-order valence-electron chi connectivity index (χ4n) is 4.36. The molecule has 0 aliphatic rings. The van der Waals surface area contributed by atoms with Crippen LogP contribution in [0, 0.1) is 5.41 Å². The van der Waals surface area contributed by atoms with E-state index in [2.05, 4.69) is 76.0 Å². The summed E-state index contributed by atoms with van der Waals surface area (Å²) in [6, 6.07) is 16.0. The number of hydrazine groups is 1. The van der Waals surface area contributed by atoms with Crippen molar-refractivity contribution in [3.05, 3.63) is 72.6 Å². The Kier molecular flexibility index (Phi) is 8.91. The normalized spacial score (nSPS) is 13.0. The first-order chi connectivity index (χ1) is 20.1. The average Bonchev–Trinajstić information content (AvgIpc) is 3.64. The van der Waals surface area contributed by atoms with E-state index < -0.39 is 11.1 Å². The van der Waals surface area contributed by atoms with Crippen LogP contribution in [-0.2, 0) is 16.1 Å². The zero-order valence-electron chi connectivity index (χ0n) is 25.9. The van der Waals surface area contributed by atoms with Gasteiger partial charge in [0.05, 0.1) is 29.5 Å². The first-order valence-electron chi connectivity index (χ1n) is 14.3. The molecule has 0 radical (unpaired) electrons. The van der Waals surface area contributed by atoms with Gasteiger partial charge in [-0.1, -0.05) is 69.3 Å². The van der Waals surface area contributed by atoms with Crippen molar-refractivity contribution in [2.24, 2.45) is 17.0 Å². The second-order valence-electron chi connectivity index (χ2n) is 13.0. The quantitative estimate of drug-likeness (QED) is 0.109. The summed E-state index contributed by atoms with van der Waals surface area (Å²) < 4.78 is 0. The van der Waals surface area contributed by atoms with Crippen LogP contribution in [0.2, 0.25) is 0 Å². The Morgan fingerprint density at radius 2 is 1.26 bits per heavy atom. The van der Waals surface area contributed by atoms with E-state index >= 15 is 0 Å². The van der Waals surface area contributed by atoms with Crippen LogP contribution < -0.4 is 27.6 Å². The summed E-state index contributed by atoms with van der Waals surface area (Å²) in [4.78, 5) is 40.7. The van der Waals surface area contributed by atoms with Crippen molar-refractivity contribution in [3.63, 3.8) is 0 Å². The fraction of sp³-hybridized carbons (Fsp3) is 0.375.